The van der Waals surface area contributed by atoms with E-state index in [4.69, 9.17) is 0 Å². The molecule has 24 heavy (non-hydrogen) atoms. The summed E-state index contributed by atoms with van der Waals surface area (Å²) < 4.78 is 0. The lowest BCUT2D eigenvalue weighted by molar-refractivity contribution is -0.115. The third-order valence-corrected chi connectivity index (χ3v) is 3.80. The van der Waals surface area contributed by atoms with Gasteiger partial charge in [0.15, 0.2) is 0 Å². The molecule has 0 aliphatic heterocycles. The zero-order chi connectivity index (χ0) is 17.5. The molecule has 5 heteroatoms. The Hall–Kier alpha value is -2.82. The zero-order valence-electron chi connectivity index (χ0n) is 14.2. The van der Waals surface area contributed by atoms with Crippen molar-refractivity contribution in [2.75, 3.05) is 11.9 Å². The second-order valence-electron chi connectivity index (χ2n) is 5.77. The van der Waals surface area contributed by atoms with Crippen LogP contribution in [0, 0.1) is 13.8 Å². The van der Waals surface area contributed by atoms with Gasteiger partial charge in [0.1, 0.15) is 0 Å². The molecule has 0 saturated carbocycles. The first kappa shape index (κ1) is 17.5. The predicted octanol–water partition coefficient (Wildman–Crippen LogP) is 3.30. The number of nitrogens with one attached hydrogen (secondary N) is 3. The molecule has 0 fully saturated rings. The van der Waals surface area contributed by atoms with Crippen LogP contribution < -0.4 is 16.0 Å². The standard InChI is InChI=1S/C19H23N3O2/c1-13-8-7-9-14(2)18(13)22-17(23)12-20-19(24)21-15(3)16-10-5-4-6-11-16/h4-11,15H,12H2,1-3H3,(H,22,23)(H2,20,21,24)/t15-/m1/s1. The van der Waals surface area contributed by atoms with Gasteiger partial charge in [0.25, 0.3) is 0 Å². The number of hydrogen-bond donors (Lipinski definition) is 3. The highest BCUT2D eigenvalue weighted by Gasteiger charge is 2.11. The van der Waals surface area contributed by atoms with E-state index in [1.54, 1.807) is 0 Å². The average molecular weight is 325 g/mol. The van der Waals surface area contributed by atoms with E-state index in [1.807, 2.05) is 69.3 Å². The van der Waals surface area contributed by atoms with Crippen LogP contribution in [0.1, 0.15) is 29.7 Å². The first-order valence-electron chi connectivity index (χ1n) is 7.92. The molecule has 2 aromatic rings. The minimum Gasteiger partial charge on any atom is -0.332 e. The van der Waals surface area contributed by atoms with Gasteiger partial charge in [-0.3, -0.25) is 4.79 Å². The van der Waals surface area contributed by atoms with Crippen LogP contribution in [0.5, 0.6) is 0 Å². The van der Waals surface area contributed by atoms with Gasteiger partial charge < -0.3 is 16.0 Å². The van der Waals surface area contributed by atoms with E-state index < -0.39 is 0 Å². The maximum absolute atomic E-state index is 12.0. The van der Waals surface area contributed by atoms with Crippen molar-refractivity contribution in [1.82, 2.24) is 10.6 Å². The highest BCUT2D eigenvalue weighted by molar-refractivity contribution is 5.95. The third-order valence-electron chi connectivity index (χ3n) is 3.80. The lowest BCUT2D eigenvalue weighted by Gasteiger charge is -2.15. The van der Waals surface area contributed by atoms with Crippen LogP contribution in [-0.2, 0) is 4.79 Å². The Labute approximate surface area is 142 Å². The molecule has 3 amide bonds. The van der Waals surface area contributed by atoms with Crippen molar-refractivity contribution in [3.63, 3.8) is 0 Å². The topological polar surface area (TPSA) is 70.2 Å². The first-order valence-corrected chi connectivity index (χ1v) is 7.92. The molecule has 3 N–H and O–H groups in total. The van der Waals surface area contributed by atoms with Crippen molar-refractivity contribution in [3.8, 4) is 0 Å². The fourth-order valence-corrected chi connectivity index (χ4v) is 2.43. The van der Waals surface area contributed by atoms with Crippen molar-refractivity contribution < 1.29 is 9.59 Å². The summed E-state index contributed by atoms with van der Waals surface area (Å²) >= 11 is 0. The van der Waals surface area contributed by atoms with Gasteiger partial charge >= 0.3 is 6.03 Å². The molecule has 0 heterocycles. The summed E-state index contributed by atoms with van der Waals surface area (Å²) in [6, 6.07) is 15.0. The van der Waals surface area contributed by atoms with Gasteiger partial charge in [-0.05, 0) is 37.5 Å². The van der Waals surface area contributed by atoms with Gasteiger partial charge in [-0.1, -0.05) is 48.5 Å². The molecule has 5 nitrogen and oxygen atoms in total. The quantitative estimate of drug-likeness (QED) is 0.789. The fourth-order valence-electron chi connectivity index (χ4n) is 2.43. The number of para-hydroxylation sites is 1. The number of benzene rings is 2. The number of aryl methyl sites for hydroxylation is 2. The maximum atomic E-state index is 12.0. The monoisotopic (exact) mass is 325 g/mol. The highest BCUT2D eigenvalue weighted by Crippen LogP contribution is 2.19. The molecule has 126 valence electrons. The molecular weight excluding hydrogens is 302 g/mol. The Morgan fingerprint density at radius 1 is 0.958 bits per heavy atom. The molecule has 0 unspecified atom stereocenters. The number of carbonyl (C=O) groups is 2. The molecular formula is C19H23N3O2. The summed E-state index contributed by atoms with van der Waals surface area (Å²) in [5.74, 6) is -0.255. The van der Waals surface area contributed by atoms with Gasteiger partial charge in [-0.25, -0.2) is 4.79 Å². The summed E-state index contributed by atoms with van der Waals surface area (Å²) in [6.45, 7) is 5.68. The Kier molecular flexibility index (Phi) is 5.95. The van der Waals surface area contributed by atoms with E-state index in [1.165, 1.54) is 0 Å². The van der Waals surface area contributed by atoms with Gasteiger partial charge in [-0.15, -0.1) is 0 Å². The lowest BCUT2D eigenvalue weighted by Crippen LogP contribution is -2.41. The number of hydrogen-bond acceptors (Lipinski definition) is 2. The highest BCUT2D eigenvalue weighted by atomic mass is 16.2. The second kappa shape index (κ2) is 8.15. The smallest absolute Gasteiger partial charge is 0.315 e. The van der Waals surface area contributed by atoms with Crippen LogP contribution in [0.25, 0.3) is 0 Å². The lowest BCUT2D eigenvalue weighted by atomic mass is 10.1. The van der Waals surface area contributed by atoms with E-state index in [2.05, 4.69) is 16.0 Å². The van der Waals surface area contributed by atoms with Crippen molar-refractivity contribution in [2.45, 2.75) is 26.8 Å². The predicted molar refractivity (Wildman–Crippen MR) is 95.9 cm³/mol. The summed E-state index contributed by atoms with van der Waals surface area (Å²) in [4.78, 5) is 23.9. The molecule has 0 aromatic heterocycles. The Morgan fingerprint density at radius 3 is 2.21 bits per heavy atom. The van der Waals surface area contributed by atoms with Crippen LogP contribution in [0.15, 0.2) is 48.5 Å². The van der Waals surface area contributed by atoms with Crippen LogP contribution in [0.2, 0.25) is 0 Å². The number of urea groups is 1. The molecule has 0 spiro atoms. The maximum Gasteiger partial charge on any atom is 0.315 e. The van der Waals surface area contributed by atoms with E-state index >= 15 is 0 Å². The van der Waals surface area contributed by atoms with Crippen molar-refractivity contribution in [3.05, 3.63) is 65.2 Å². The van der Waals surface area contributed by atoms with Crippen LogP contribution in [-0.4, -0.2) is 18.5 Å². The van der Waals surface area contributed by atoms with Gasteiger partial charge in [0.05, 0.1) is 12.6 Å². The van der Waals surface area contributed by atoms with Gasteiger partial charge in [-0.2, -0.15) is 0 Å². The first-order chi connectivity index (χ1) is 11.5. The summed E-state index contributed by atoms with van der Waals surface area (Å²) in [5, 5.41) is 8.23. The number of anilines is 1. The molecule has 1 atom stereocenters. The van der Waals surface area contributed by atoms with E-state index in [9.17, 15) is 9.59 Å². The van der Waals surface area contributed by atoms with Gasteiger partial charge in [0, 0.05) is 5.69 Å². The summed E-state index contributed by atoms with van der Waals surface area (Å²) in [6.07, 6.45) is 0. The van der Waals surface area contributed by atoms with Crippen LogP contribution >= 0.6 is 0 Å². The molecule has 0 saturated heterocycles. The Balaban J connectivity index is 1.82. The normalized spacial score (nSPS) is 11.5. The molecule has 0 bridgehead atoms. The minimum atomic E-state index is -0.372. The van der Waals surface area contributed by atoms with E-state index in [0.29, 0.717) is 0 Å². The average Bonchev–Trinajstić information content (AvgIpc) is 2.57. The molecule has 0 aliphatic rings. The van der Waals surface area contributed by atoms with Crippen LogP contribution in [0.4, 0.5) is 10.5 Å². The summed E-state index contributed by atoms with van der Waals surface area (Å²) in [7, 11) is 0. The molecule has 2 rings (SSSR count). The third kappa shape index (κ3) is 4.84. The minimum absolute atomic E-state index is 0.0822. The number of amides is 3. The van der Waals surface area contributed by atoms with Crippen LogP contribution in [0.3, 0.4) is 0 Å². The second-order valence-corrected chi connectivity index (χ2v) is 5.77. The van der Waals surface area contributed by atoms with Gasteiger partial charge in [0.2, 0.25) is 5.91 Å². The number of rotatable bonds is 5. The van der Waals surface area contributed by atoms with E-state index in [-0.39, 0.29) is 24.5 Å². The van der Waals surface area contributed by atoms with Crippen molar-refractivity contribution in [2.24, 2.45) is 0 Å². The molecule has 0 radical (unpaired) electrons. The Morgan fingerprint density at radius 2 is 1.58 bits per heavy atom. The zero-order valence-corrected chi connectivity index (χ0v) is 14.2. The fraction of sp³-hybridized carbons (Fsp3) is 0.263. The SMILES string of the molecule is Cc1cccc(C)c1NC(=O)CNC(=O)N[C@H](C)c1ccccc1. The number of carbonyl (C=O) groups excluding carboxylic acids is 2. The van der Waals surface area contributed by atoms with Crippen molar-refractivity contribution in [1.29, 1.82) is 0 Å². The summed E-state index contributed by atoms with van der Waals surface area (Å²) in [5.41, 5.74) is 3.78. The molecule has 0 aliphatic carbocycles. The Bertz CT molecular complexity index is 694. The molecule has 2 aromatic carbocycles. The van der Waals surface area contributed by atoms with E-state index in [0.717, 1.165) is 22.4 Å². The van der Waals surface area contributed by atoms with Crippen molar-refractivity contribution >= 4 is 17.6 Å². The largest absolute Gasteiger partial charge is 0.332 e.